The van der Waals surface area contributed by atoms with E-state index in [1.54, 1.807) is 20.8 Å². The molecule has 4 amide bonds. The zero-order chi connectivity index (χ0) is 46.1. The van der Waals surface area contributed by atoms with Crippen molar-refractivity contribution in [1.82, 2.24) is 40.4 Å². The number of H-pyrrole nitrogens is 2. The Morgan fingerprint density at radius 1 is 0.803 bits per heavy atom. The van der Waals surface area contributed by atoms with Crippen molar-refractivity contribution < 1.29 is 28.7 Å². The van der Waals surface area contributed by atoms with E-state index in [1.807, 2.05) is 53.3 Å². The van der Waals surface area contributed by atoms with E-state index in [4.69, 9.17) is 14.7 Å². The van der Waals surface area contributed by atoms with E-state index in [0.717, 1.165) is 94.5 Å². The molecule has 6 aromatic rings. The molecule has 3 aliphatic rings. The van der Waals surface area contributed by atoms with E-state index in [1.165, 1.54) is 12.7 Å². The van der Waals surface area contributed by atoms with Gasteiger partial charge in [0.1, 0.15) is 23.3 Å². The number of nitrogens with zero attached hydrogens (tertiary/aromatic N) is 4. The van der Waals surface area contributed by atoms with E-state index >= 15 is 0 Å². The van der Waals surface area contributed by atoms with Gasteiger partial charge in [-0.15, -0.1) is 0 Å². The van der Waals surface area contributed by atoms with Crippen LogP contribution in [0.4, 0.5) is 9.59 Å². The van der Waals surface area contributed by atoms with Crippen LogP contribution in [-0.4, -0.2) is 86.1 Å². The van der Waals surface area contributed by atoms with Crippen molar-refractivity contribution in [2.24, 2.45) is 5.92 Å². The van der Waals surface area contributed by atoms with Crippen molar-refractivity contribution in [3.63, 3.8) is 0 Å². The predicted octanol–water partition coefficient (Wildman–Crippen LogP) is 9.36. The molecule has 0 radical (unpaired) electrons. The van der Waals surface area contributed by atoms with E-state index in [0.29, 0.717) is 37.4 Å². The summed E-state index contributed by atoms with van der Waals surface area (Å²) in [6, 6.07) is 27.6. The summed E-state index contributed by atoms with van der Waals surface area (Å²) in [4.78, 5) is 72.9. The average Bonchev–Trinajstić information content (AvgIpc) is 4.16. The second-order valence-corrected chi connectivity index (χ2v) is 18.9. The van der Waals surface area contributed by atoms with Gasteiger partial charge in [0.05, 0.1) is 36.8 Å². The van der Waals surface area contributed by atoms with Gasteiger partial charge >= 0.3 is 12.2 Å². The molecule has 0 spiro atoms. The highest BCUT2D eigenvalue weighted by molar-refractivity contribution is 5.91. The molecule has 9 rings (SSSR count). The quantitative estimate of drug-likeness (QED) is 0.0996. The van der Waals surface area contributed by atoms with Crippen LogP contribution >= 0.6 is 0 Å². The number of fused-ring (bicyclic) bond motifs is 4. The van der Waals surface area contributed by atoms with Gasteiger partial charge in [-0.1, -0.05) is 79.7 Å². The number of hydrogen-bond donors (Lipinski definition) is 4. The number of nitrogens with one attached hydrogen (secondary N) is 4. The Hall–Kier alpha value is -6.96. The molecular formula is C52H58N8O6. The van der Waals surface area contributed by atoms with Crippen molar-refractivity contribution in [2.45, 2.75) is 96.4 Å². The molecule has 14 nitrogen and oxygen atoms in total. The first-order valence-corrected chi connectivity index (χ1v) is 23.1. The lowest BCUT2D eigenvalue weighted by molar-refractivity contribution is -0.135. The molecule has 2 aromatic heterocycles. The van der Waals surface area contributed by atoms with Crippen LogP contribution < -0.4 is 10.6 Å². The predicted molar refractivity (Wildman–Crippen MR) is 252 cm³/mol. The van der Waals surface area contributed by atoms with Crippen molar-refractivity contribution in [3.8, 4) is 33.6 Å². The number of aromatic amines is 2. The van der Waals surface area contributed by atoms with Crippen molar-refractivity contribution in [2.75, 3.05) is 26.7 Å². The van der Waals surface area contributed by atoms with E-state index in [2.05, 4.69) is 79.9 Å². The number of carbonyl (C=O) groups is 4. The first kappa shape index (κ1) is 44.3. The van der Waals surface area contributed by atoms with Crippen LogP contribution in [0.3, 0.4) is 0 Å². The highest BCUT2D eigenvalue weighted by Crippen LogP contribution is 2.40. The molecule has 4 heterocycles. The number of aryl methyl sites for hydroxylation is 2. The SMILES string of the molecule is COC(=O)NCC(C)CC(=O)N1CCCC1c1nc2c([nH]1)CCc1cc(-c3ccc4cc(-c5cnc(C6CCCN6C(=O)C(NC(=O)OC(C)(C)C)c6ccccc6)[nH]5)ccc4c3)ccc1-2. The lowest BCUT2D eigenvalue weighted by Gasteiger charge is -2.29. The molecule has 4 unspecified atom stereocenters. The average molecular weight is 891 g/mol. The van der Waals surface area contributed by atoms with Gasteiger partial charge in [-0.05, 0) is 110 Å². The molecule has 2 saturated heterocycles. The standard InChI is InChI=1S/C52H58N8O6/c1-31(29-54-50(63)65-5)25-44(61)59-23-9-14-43(59)48-55-40-22-20-37-27-36(19-21-39(37)46(40)57-48)33-15-16-35-28-38(18-17-34(35)26-33)41-30-53-47(56-41)42-13-10-24-60(42)49(62)45(32-11-7-6-8-12-32)58-51(64)66-52(2,3)4/h6-8,11-12,15-19,21,26-28,30-31,42-43,45H,9-10,13-14,20,22-25,29H2,1-5H3,(H,53,56)(H,54,63)(H,55,57)(H,58,64). The Morgan fingerprint density at radius 3 is 2.23 bits per heavy atom. The second-order valence-electron chi connectivity index (χ2n) is 18.9. The fourth-order valence-electron chi connectivity index (χ4n) is 9.71. The molecule has 4 aromatic carbocycles. The molecule has 14 heteroatoms. The lowest BCUT2D eigenvalue weighted by atomic mass is 9.89. The smallest absolute Gasteiger partial charge is 0.408 e. The monoisotopic (exact) mass is 890 g/mol. The van der Waals surface area contributed by atoms with Crippen LogP contribution in [0.25, 0.3) is 44.4 Å². The third-order valence-corrected chi connectivity index (χ3v) is 13.0. The zero-order valence-electron chi connectivity index (χ0n) is 38.3. The Kier molecular flexibility index (Phi) is 12.4. The summed E-state index contributed by atoms with van der Waals surface area (Å²) in [5.74, 6) is 1.41. The highest BCUT2D eigenvalue weighted by atomic mass is 16.6. The van der Waals surface area contributed by atoms with Crippen molar-refractivity contribution >= 4 is 34.8 Å². The number of amides is 4. The van der Waals surface area contributed by atoms with Crippen LogP contribution in [0, 0.1) is 5.92 Å². The molecule has 0 bridgehead atoms. The third kappa shape index (κ3) is 9.40. The van der Waals surface area contributed by atoms with E-state index in [-0.39, 0.29) is 29.8 Å². The summed E-state index contributed by atoms with van der Waals surface area (Å²) < 4.78 is 10.2. The number of rotatable bonds is 11. The number of ether oxygens (including phenoxy) is 2. The molecule has 1 aliphatic carbocycles. The number of likely N-dealkylation sites (tertiary alicyclic amines) is 2. The number of hydrogen-bond acceptors (Lipinski definition) is 8. The Morgan fingerprint density at radius 2 is 1.48 bits per heavy atom. The minimum Gasteiger partial charge on any atom is -0.453 e. The van der Waals surface area contributed by atoms with Gasteiger partial charge in [-0.25, -0.2) is 19.6 Å². The van der Waals surface area contributed by atoms with E-state index < -0.39 is 23.8 Å². The van der Waals surface area contributed by atoms with Gasteiger partial charge in [0, 0.05) is 42.9 Å². The fourth-order valence-corrected chi connectivity index (χ4v) is 9.71. The molecule has 0 saturated carbocycles. The Labute approximate surface area is 384 Å². The highest BCUT2D eigenvalue weighted by Gasteiger charge is 2.38. The number of benzene rings is 4. The molecule has 4 atom stereocenters. The number of aromatic nitrogens is 4. The van der Waals surface area contributed by atoms with Gasteiger partial charge in [0.15, 0.2) is 0 Å². The first-order valence-electron chi connectivity index (χ1n) is 23.1. The van der Waals surface area contributed by atoms with Crippen LogP contribution in [0.1, 0.15) is 106 Å². The summed E-state index contributed by atoms with van der Waals surface area (Å²) in [6.45, 7) is 8.97. The molecular weight excluding hydrogens is 833 g/mol. The van der Waals surface area contributed by atoms with Crippen LogP contribution in [-0.2, 0) is 31.9 Å². The van der Waals surface area contributed by atoms with Gasteiger partial charge in [-0.2, -0.15) is 0 Å². The maximum absolute atomic E-state index is 14.2. The van der Waals surface area contributed by atoms with Crippen LogP contribution in [0.15, 0.2) is 91.1 Å². The van der Waals surface area contributed by atoms with E-state index in [9.17, 15) is 19.2 Å². The summed E-state index contributed by atoms with van der Waals surface area (Å²) >= 11 is 0. The van der Waals surface area contributed by atoms with Crippen molar-refractivity contribution in [1.29, 1.82) is 0 Å². The fraction of sp³-hybridized carbons (Fsp3) is 0.385. The Balaban J connectivity index is 0.880. The zero-order valence-corrected chi connectivity index (χ0v) is 38.3. The largest absolute Gasteiger partial charge is 0.453 e. The molecule has 2 fully saturated rings. The van der Waals surface area contributed by atoms with Gasteiger partial charge < -0.3 is 39.9 Å². The summed E-state index contributed by atoms with van der Waals surface area (Å²) in [6.07, 6.45) is 6.13. The molecule has 4 N–H and O–H groups in total. The minimum absolute atomic E-state index is 0.0202. The van der Waals surface area contributed by atoms with Crippen molar-refractivity contribution in [3.05, 3.63) is 120 Å². The lowest BCUT2D eigenvalue weighted by Crippen LogP contribution is -2.44. The maximum atomic E-state index is 14.2. The summed E-state index contributed by atoms with van der Waals surface area (Å²) in [5.41, 5.74) is 8.59. The Bertz CT molecular complexity index is 2770. The number of carbonyl (C=O) groups excluding carboxylic acids is 4. The second kappa shape index (κ2) is 18.5. The van der Waals surface area contributed by atoms with Gasteiger partial charge in [-0.3, -0.25) is 9.59 Å². The maximum Gasteiger partial charge on any atom is 0.408 e. The molecule has 66 heavy (non-hydrogen) atoms. The molecule has 342 valence electrons. The third-order valence-electron chi connectivity index (χ3n) is 13.0. The molecule has 2 aliphatic heterocycles. The van der Waals surface area contributed by atoms with Gasteiger partial charge in [0.2, 0.25) is 5.91 Å². The summed E-state index contributed by atoms with van der Waals surface area (Å²) in [7, 11) is 1.33. The number of alkyl carbamates (subject to hydrolysis) is 2. The van der Waals surface area contributed by atoms with Gasteiger partial charge in [0.25, 0.3) is 5.91 Å². The van der Waals surface area contributed by atoms with Crippen LogP contribution in [0.2, 0.25) is 0 Å². The minimum atomic E-state index is -0.904. The van der Waals surface area contributed by atoms with Crippen LogP contribution in [0.5, 0.6) is 0 Å². The topological polar surface area (TPSA) is 175 Å². The summed E-state index contributed by atoms with van der Waals surface area (Å²) in [5, 5.41) is 7.75. The number of imidazole rings is 2. The number of methoxy groups -OCH3 is 1. The normalized spacial score (nSPS) is 17.8. The first-order chi connectivity index (χ1) is 31.8.